The molecule has 1 saturated heterocycles. The van der Waals surface area contributed by atoms with Gasteiger partial charge in [0.25, 0.3) is 5.91 Å². The van der Waals surface area contributed by atoms with Crippen molar-refractivity contribution in [3.05, 3.63) is 59.7 Å². The van der Waals surface area contributed by atoms with Gasteiger partial charge in [0.15, 0.2) is 0 Å². The summed E-state index contributed by atoms with van der Waals surface area (Å²) in [5, 5.41) is 0. The lowest BCUT2D eigenvalue weighted by Crippen LogP contribution is -2.45. The van der Waals surface area contributed by atoms with Crippen LogP contribution >= 0.6 is 0 Å². The number of nitrogens with zero attached hydrogens (tertiary/aromatic N) is 1. The third-order valence-corrected chi connectivity index (χ3v) is 4.87. The molecule has 0 bridgehead atoms. The molecule has 0 spiro atoms. The molecule has 132 valence electrons. The summed E-state index contributed by atoms with van der Waals surface area (Å²) >= 11 is 0. The van der Waals surface area contributed by atoms with E-state index in [9.17, 15) is 13.6 Å². The number of carbonyl (C=O) groups excluding carboxylic acids is 1. The molecule has 2 aromatic carbocycles. The lowest BCUT2D eigenvalue weighted by atomic mass is 9.91. The maximum Gasteiger partial charge on any atom is 0.256 e. The second kappa shape index (κ2) is 7.31. The van der Waals surface area contributed by atoms with E-state index in [1.165, 1.54) is 24.3 Å². The van der Waals surface area contributed by atoms with Crippen LogP contribution in [0.2, 0.25) is 0 Å². The Kier molecular flexibility index (Phi) is 5.13. The molecule has 0 unspecified atom stereocenters. The van der Waals surface area contributed by atoms with E-state index < -0.39 is 5.82 Å². The maximum absolute atomic E-state index is 14.5. The fourth-order valence-corrected chi connectivity index (χ4v) is 3.30. The monoisotopic (exact) mass is 344 g/mol. The number of amides is 1. The van der Waals surface area contributed by atoms with Crippen molar-refractivity contribution < 1.29 is 13.6 Å². The normalized spacial score (nSPS) is 18.9. The number of benzene rings is 2. The fourth-order valence-electron chi connectivity index (χ4n) is 3.30. The quantitative estimate of drug-likeness (QED) is 0.920. The highest BCUT2D eigenvalue weighted by Crippen LogP contribution is 2.25. The van der Waals surface area contributed by atoms with Crippen LogP contribution in [0.1, 0.15) is 30.1 Å². The molecule has 1 aliphatic rings. The summed E-state index contributed by atoms with van der Waals surface area (Å²) < 4.78 is 27.5. The van der Waals surface area contributed by atoms with Crippen LogP contribution in [-0.4, -0.2) is 29.9 Å². The average Bonchev–Trinajstić information content (AvgIpc) is 2.62. The molecule has 0 aromatic heterocycles. The Labute approximate surface area is 146 Å². The van der Waals surface area contributed by atoms with Crippen molar-refractivity contribution in [2.24, 2.45) is 11.7 Å². The lowest BCUT2D eigenvalue weighted by Gasteiger charge is -2.34. The van der Waals surface area contributed by atoms with Gasteiger partial charge in [0.1, 0.15) is 11.6 Å². The number of rotatable bonds is 3. The minimum absolute atomic E-state index is 0.0151. The minimum Gasteiger partial charge on any atom is -0.338 e. The van der Waals surface area contributed by atoms with E-state index in [2.05, 4.69) is 0 Å². The predicted octanol–water partition coefficient (Wildman–Crippen LogP) is 3.83. The number of halogens is 2. The predicted molar refractivity (Wildman–Crippen MR) is 94.1 cm³/mol. The second-order valence-electron chi connectivity index (χ2n) is 6.71. The molecule has 2 atom stereocenters. The second-order valence-corrected chi connectivity index (χ2v) is 6.71. The van der Waals surface area contributed by atoms with Crippen molar-refractivity contribution in [2.75, 3.05) is 13.1 Å². The standard InChI is InChI=1S/C20H22F2N2O/c1-13(23)16-3-2-10-24(12-16)20(25)18-9-6-15(11-19(18)22)14-4-7-17(21)8-5-14/h4-9,11,13,16H,2-3,10,12,23H2,1H3/t13-,16-/m0/s1. The van der Waals surface area contributed by atoms with Crippen molar-refractivity contribution in [1.29, 1.82) is 0 Å². The van der Waals surface area contributed by atoms with Crippen LogP contribution in [0.3, 0.4) is 0 Å². The molecule has 5 heteroatoms. The first-order valence-corrected chi connectivity index (χ1v) is 8.56. The number of hydrogen-bond donors (Lipinski definition) is 1. The van der Waals surface area contributed by atoms with Gasteiger partial charge in [0.2, 0.25) is 0 Å². The summed E-state index contributed by atoms with van der Waals surface area (Å²) in [6.07, 6.45) is 1.88. The molecule has 1 fully saturated rings. The number of carbonyl (C=O) groups is 1. The smallest absolute Gasteiger partial charge is 0.256 e. The van der Waals surface area contributed by atoms with Crippen LogP contribution in [0, 0.1) is 17.6 Å². The number of nitrogens with two attached hydrogens (primary N) is 1. The zero-order chi connectivity index (χ0) is 18.0. The van der Waals surface area contributed by atoms with Crippen molar-refractivity contribution in [1.82, 2.24) is 4.90 Å². The molecule has 1 amide bonds. The van der Waals surface area contributed by atoms with E-state index in [0.717, 1.165) is 12.8 Å². The van der Waals surface area contributed by atoms with Crippen LogP contribution in [0.4, 0.5) is 8.78 Å². The molecule has 2 aromatic rings. The molecule has 25 heavy (non-hydrogen) atoms. The van der Waals surface area contributed by atoms with Crippen LogP contribution in [0.5, 0.6) is 0 Å². The highest BCUT2D eigenvalue weighted by atomic mass is 19.1. The van der Waals surface area contributed by atoms with Crippen molar-refractivity contribution in [2.45, 2.75) is 25.8 Å². The van der Waals surface area contributed by atoms with Gasteiger partial charge in [-0.2, -0.15) is 0 Å². The van der Waals surface area contributed by atoms with E-state index in [-0.39, 0.29) is 29.2 Å². The van der Waals surface area contributed by atoms with Gasteiger partial charge in [-0.15, -0.1) is 0 Å². The van der Waals surface area contributed by atoms with Gasteiger partial charge in [-0.3, -0.25) is 4.79 Å². The lowest BCUT2D eigenvalue weighted by molar-refractivity contribution is 0.0656. The zero-order valence-electron chi connectivity index (χ0n) is 14.2. The first-order valence-electron chi connectivity index (χ1n) is 8.56. The Morgan fingerprint density at radius 2 is 1.84 bits per heavy atom. The molecule has 3 rings (SSSR count). The molecule has 2 N–H and O–H groups in total. The molecule has 3 nitrogen and oxygen atoms in total. The van der Waals surface area contributed by atoms with E-state index >= 15 is 0 Å². The fraction of sp³-hybridized carbons (Fsp3) is 0.350. The molecule has 0 saturated carbocycles. The van der Waals surface area contributed by atoms with Crippen LogP contribution < -0.4 is 5.73 Å². The molecule has 0 aliphatic carbocycles. The van der Waals surface area contributed by atoms with Crippen LogP contribution in [0.25, 0.3) is 11.1 Å². The van der Waals surface area contributed by atoms with Gasteiger partial charge in [-0.25, -0.2) is 8.78 Å². The minimum atomic E-state index is -0.560. The van der Waals surface area contributed by atoms with E-state index in [1.54, 1.807) is 23.1 Å². The molecular formula is C20H22F2N2O. The molecule has 1 aliphatic heterocycles. The summed E-state index contributed by atoms with van der Waals surface area (Å²) in [5.74, 6) is -0.952. The van der Waals surface area contributed by atoms with E-state index in [0.29, 0.717) is 24.2 Å². The van der Waals surface area contributed by atoms with Gasteiger partial charge in [-0.05, 0) is 61.1 Å². The summed E-state index contributed by atoms with van der Waals surface area (Å²) in [6.45, 7) is 3.13. The third-order valence-electron chi connectivity index (χ3n) is 4.87. The SMILES string of the molecule is C[C@H](N)[C@H]1CCCN(C(=O)c2ccc(-c3ccc(F)cc3)cc2F)C1. The summed E-state index contributed by atoms with van der Waals surface area (Å²) in [7, 11) is 0. The van der Waals surface area contributed by atoms with Gasteiger partial charge in [0, 0.05) is 19.1 Å². The Morgan fingerprint density at radius 1 is 1.16 bits per heavy atom. The Hall–Kier alpha value is -2.27. The molecular weight excluding hydrogens is 322 g/mol. The third kappa shape index (κ3) is 3.87. The summed E-state index contributed by atoms with van der Waals surface area (Å²) in [4.78, 5) is 14.4. The molecule has 1 heterocycles. The van der Waals surface area contributed by atoms with Gasteiger partial charge >= 0.3 is 0 Å². The highest BCUT2D eigenvalue weighted by Gasteiger charge is 2.27. The number of likely N-dealkylation sites (tertiary alicyclic amines) is 1. The zero-order valence-corrected chi connectivity index (χ0v) is 14.2. The van der Waals surface area contributed by atoms with Gasteiger partial charge in [-0.1, -0.05) is 18.2 Å². The Balaban J connectivity index is 1.80. The average molecular weight is 344 g/mol. The summed E-state index contributed by atoms with van der Waals surface area (Å²) in [5.41, 5.74) is 7.34. The number of hydrogen-bond acceptors (Lipinski definition) is 2. The van der Waals surface area contributed by atoms with Crippen LogP contribution in [0.15, 0.2) is 42.5 Å². The van der Waals surface area contributed by atoms with E-state index in [4.69, 9.17) is 5.73 Å². The maximum atomic E-state index is 14.5. The topological polar surface area (TPSA) is 46.3 Å². The summed E-state index contributed by atoms with van der Waals surface area (Å²) in [6, 6.07) is 10.4. The van der Waals surface area contributed by atoms with Gasteiger partial charge in [0.05, 0.1) is 5.56 Å². The Bertz CT molecular complexity index is 759. The van der Waals surface area contributed by atoms with Crippen molar-refractivity contribution in [3.8, 4) is 11.1 Å². The van der Waals surface area contributed by atoms with E-state index in [1.807, 2.05) is 6.92 Å². The highest BCUT2D eigenvalue weighted by molar-refractivity contribution is 5.95. The Morgan fingerprint density at radius 3 is 2.48 bits per heavy atom. The van der Waals surface area contributed by atoms with Crippen molar-refractivity contribution in [3.63, 3.8) is 0 Å². The van der Waals surface area contributed by atoms with Crippen molar-refractivity contribution >= 4 is 5.91 Å². The van der Waals surface area contributed by atoms with Gasteiger partial charge < -0.3 is 10.6 Å². The first kappa shape index (κ1) is 17.5. The molecule has 0 radical (unpaired) electrons. The first-order chi connectivity index (χ1) is 12.0. The number of piperidine rings is 1. The largest absolute Gasteiger partial charge is 0.338 e. The van der Waals surface area contributed by atoms with Crippen LogP contribution in [-0.2, 0) is 0 Å².